The Morgan fingerprint density at radius 3 is 2.95 bits per heavy atom. The summed E-state index contributed by atoms with van der Waals surface area (Å²) in [4.78, 5) is 25.5. The van der Waals surface area contributed by atoms with E-state index in [9.17, 15) is 9.59 Å². The lowest BCUT2D eigenvalue weighted by Gasteiger charge is -2.32. The Morgan fingerprint density at radius 2 is 2.23 bits per heavy atom. The lowest BCUT2D eigenvalue weighted by molar-refractivity contribution is -0.135. The molecule has 1 N–H and O–H groups in total. The second-order valence-corrected chi connectivity index (χ2v) is 5.78. The number of rotatable bonds is 6. The van der Waals surface area contributed by atoms with Crippen molar-refractivity contribution in [1.29, 1.82) is 0 Å². The SMILES string of the molecule is CNCC1CCCN(C(=O)COc2cccc(C(C)=O)c2)C1. The average molecular weight is 304 g/mol. The first-order chi connectivity index (χ1) is 10.6. The molecule has 1 atom stereocenters. The number of carbonyl (C=O) groups excluding carboxylic acids is 2. The van der Waals surface area contributed by atoms with Crippen molar-refractivity contribution in [2.45, 2.75) is 19.8 Å². The fraction of sp³-hybridized carbons (Fsp3) is 0.529. The predicted molar refractivity (Wildman–Crippen MR) is 85.2 cm³/mol. The van der Waals surface area contributed by atoms with Gasteiger partial charge in [-0.25, -0.2) is 0 Å². The predicted octanol–water partition coefficient (Wildman–Crippen LogP) is 1.73. The van der Waals surface area contributed by atoms with Crippen molar-refractivity contribution in [3.05, 3.63) is 29.8 Å². The minimum atomic E-state index is -0.0114. The second kappa shape index (κ2) is 7.94. The molecule has 0 aliphatic carbocycles. The van der Waals surface area contributed by atoms with Crippen molar-refractivity contribution in [2.75, 3.05) is 33.3 Å². The molecule has 0 spiro atoms. The number of piperidine rings is 1. The molecule has 1 heterocycles. The Morgan fingerprint density at radius 1 is 1.41 bits per heavy atom. The van der Waals surface area contributed by atoms with E-state index < -0.39 is 0 Å². The molecule has 1 saturated heterocycles. The minimum Gasteiger partial charge on any atom is -0.484 e. The van der Waals surface area contributed by atoms with Crippen LogP contribution in [-0.2, 0) is 4.79 Å². The molecule has 1 unspecified atom stereocenters. The first-order valence-electron chi connectivity index (χ1n) is 7.76. The van der Waals surface area contributed by atoms with Crippen molar-refractivity contribution < 1.29 is 14.3 Å². The maximum absolute atomic E-state index is 12.3. The van der Waals surface area contributed by atoms with Crippen molar-refractivity contribution in [1.82, 2.24) is 10.2 Å². The van der Waals surface area contributed by atoms with E-state index >= 15 is 0 Å². The van der Waals surface area contributed by atoms with Crippen LogP contribution in [0.1, 0.15) is 30.1 Å². The summed E-state index contributed by atoms with van der Waals surface area (Å²) in [7, 11) is 1.94. The van der Waals surface area contributed by atoms with Gasteiger partial charge in [-0.3, -0.25) is 9.59 Å². The van der Waals surface area contributed by atoms with E-state index in [1.54, 1.807) is 24.3 Å². The summed E-state index contributed by atoms with van der Waals surface area (Å²) >= 11 is 0. The van der Waals surface area contributed by atoms with Gasteiger partial charge in [0.15, 0.2) is 12.4 Å². The molecule has 120 valence electrons. The highest BCUT2D eigenvalue weighted by molar-refractivity contribution is 5.94. The lowest BCUT2D eigenvalue weighted by Crippen LogP contribution is -2.44. The van der Waals surface area contributed by atoms with Crippen LogP contribution in [0.2, 0.25) is 0 Å². The molecule has 1 aliphatic heterocycles. The highest BCUT2D eigenvalue weighted by atomic mass is 16.5. The molecule has 0 bridgehead atoms. The summed E-state index contributed by atoms with van der Waals surface area (Å²) in [5, 5.41) is 3.17. The van der Waals surface area contributed by atoms with Gasteiger partial charge < -0.3 is 15.0 Å². The summed E-state index contributed by atoms with van der Waals surface area (Å²) in [6, 6.07) is 6.94. The fourth-order valence-electron chi connectivity index (χ4n) is 2.79. The summed E-state index contributed by atoms with van der Waals surface area (Å²) in [6.45, 7) is 4.06. The number of hydrogen-bond donors (Lipinski definition) is 1. The Kier molecular flexibility index (Phi) is 5.95. The van der Waals surface area contributed by atoms with Crippen LogP contribution in [0.25, 0.3) is 0 Å². The van der Waals surface area contributed by atoms with Gasteiger partial charge in [0.1, 0.15) is 5.75 Å². The second-order valence-electron chi connectivity index (χ2n) is 5.78. The van der Waals surface area contributed by atoms with Gasteiger partial charge >= 0.3 is 0 Å². The van der Waals surface area contributed by atoms with Crippen molar-refractivity contribution in [3.63, 3.8) is 0 Å². The number of nitrogens with one attached hydrogen (secondary N) is 1. The molecule has 1 aromatic rings. The van der Waals surface area contributed by atoms with E-state index in [-0.39, 0.29) is 18.3 Å². The maximum Gasteiger partial charge on any atom is 0.260 e. The number of ether oxygens (including phenoxy) is 1. The largest absolute Gasteiger partial charge is 0.484 e. The Hall–Kier alpha value is -1.88. The van der Waals surface area contributed by atoms with E-state index in [4.69, 9.17) is 4.74 Å². The summed E-state index contributed by atoms with van der Waals surface area (Å²) in [6.07, 6.45) is 2.20. The monoisotopic (exact) mass is 304 g/mol. The molecular weight excluding hydrogens is 280 g/mol. The first kappa shape index (κ1) is 16.5. The topological polar surface area (TPSA) is 58.6 Å². The van der Waals surface area contributed by atoms with Crippen molar-refractivity contribution >= 4 is 11.7 Å². The quantitative estimate of drug-likeness (QED) is 0.813. The molecule has 5 heteroatoms. The molecule has 0 aromatic heterocycles. The number of nitrogens with zero attached hydrogens (tertiary/aromatic N) is 1. The van der Waals surface area contributed by atoms with Crippen molar-refractivity contribution in [3.8, 4) is 5.75 Å². The van der Waals surface area contributed by atoms with Crippen LogP contribution >= 0.6 is 0 Å². The van der Waals surface area contributed by atoms with Crippen LogP contribution in [0.4, 0.5) is 0 Å². The molecule has 1 aliphatic rings. The van der Waals surface area contributed by atoms with Crippen LogP contribution in [-0.4, -0.2) is 49.9 Å². The van der Waals surface area contributed by atoms with E-state index in [1.807, 2.05) is 11.9 Å². The Balaban J connectivity index is 1.87. The van der Waals surface area contributed by atoms with Crippen LogP contribution in [0.5, 0.6) is 5.75 Å². The third kappa shape index (κ3) is 4.56. The van der Waals surface area contributed by atoms with Gasteiger partial charge in [0.2, 0.25) is 0 Å². The first-order valence-corrected chi connectivity index (χ1v) is 7.76. The Labute approximate surface area is 131 Å². The van der Waals surface area contributed by atoms with Crippen molar-refractivity contribution in [2.24, 2.45) is 5.92 Å². The highest BCUT2D eigenvalue weighted by Gasteiger charge is 2.23. The number of Topliss-reactive ketones (excluding diaryl/α,β-unsaturated/α-hetero) is 1. The number of carbonyl (C=O) groups is 2. The summed E-state index contributed by atoms with van der Waals surface area (Å²) in [5.41, 5.74) is 0.594. The molecule has 1 amide bonds. The van der Waals surface area contributed by atoms with Gasteiger partial charge in [-0.05, 0) is 51.4 Å². The van der Waals surface area contributed by atoms with E-state index in [0.29, 0.717) is 17.2 Å². The standard InChI is InChI=1S/C17H24N2O3/c1-13(20)15-6-3-7-16(9-15)22-12-17(21)19-8-4-5-14(11-19)10-18-2/h3,6-7,9,14,18H,4-5,8,10-12H2,1-2H3. The molecule has 2 rings (SSSR count). The highest BCUT2D eigenvalue weighted by Crippen LogP contribution is 2.17. The third-order valence-electron chi connectivity index (χ3n) is 3.97. The average Bonchev–Trinajstić information content (AvgIpc) is 2.53. The third-order valence-corrected chi connectivity index (χ3v) is 3.97. The molecule has 1 aromatic carbocycles. The molecule has 0 saturated carbocycles. The van der Waals surface area contributed by atoms with E-state index in [0.717, 1.165) is 32.5 Å². The van der Waals surface area contributed by atoms with Gasteiger partial charge in [-0.2, -0.15) is 0 Å². The van der Waals surface area contributed by atoms with Crippen LogP contribution < -0.4 is 10.1 Å². The fourth-order valence-corrected chi connectivity index (χ4v) is 2.79. The zero-order valence-corrected chi connectivity index (χ0v) is 13.3. The van der Waals surface area contributed by atoms with Gasteiger partial charge in [0.05, 0.1) is 0 Å². The zero-order chi connectivity index (χ0) is 15.9. The molecule has 5 nitrogen and oxygen atoms in total. The molecule has 22 heavy (non-hydrogen) atoms. The minimum absolute atomic E-state index is 0.00836. The van der Waals surface area contributed by atoms with Crippen LogP contribution in [0, 0.1) is 5.92 Å². The number of amides is 1. The smallest absolute Gasteiger partial charge is 0.260 e. The van der Waals surface area contributed by atoms with Gasteiger partial charge in [0, 0.05) is 18.7 Å². The van der Waals surface area contributed by atoms with E-state index in [2.05, 4.69) is 5.32 Å². The lowest BCUT2D eigenvalue weighted by atomic mass is 9.98. The summed E-state index contributed by atoms with van der Waals surface area (Å²) in [5.74, 6) is 1.07. The Bertz CT molecular complexity index is 528. The molecule has 1 fully saturated rings. The van der Waals surface area contributed by atoms with Gasteiger partial charge in [-0.1, -0.05) is 12.1 Å². The number of benzene rings is 1. The number of ketones is 1. The van der Waals surface area contributed by atoms with Gasteiger partial charge in [-0.15, -0.1) is 0 Å². The molecule has 0 radical (unpaired) electrons. The van der Waals surface area contributed by atoms with E-state index in [1.165, 1.54) is 6.92 Å². The van der Waals surface area contributed by atoms with Crippen LogP contribution in [0.3, 0.4) is 0 Å². The summed E-state index contributed by atoms with van der Waals surface area (Å²) < 4.78 is 5.55. The van der Waals surface area contributed by atoms with Crippen LogP contribution in [0.15, 0.2) is 24.3 Å². The normalized spacial score (nSPS) is 18.1. The van der Waals surface area contributed by atoms with Gasteiger partial charge in [0.25, 0.3) is 5.91 Å². The number of hydrogen-bond acceptors (Lipinski definition) is 4. The zero-order valence-electron chi connectivity index (χ0n) is 13.3. The number of likely N-dealkylation sites (tertiary alicyclic amines) is 1. The molecular formula is C17H24N2O3. The maximum atomic E-state index is 12.3.